The average molecular weight is 430 g/mol. The van der Waals surface area contributed by atoms with Gasteiger partial charge in [0.15, 0.2) is 0 Å². The average Bonchev–Trinajstić information content (AvgIpc) is 3.42. The third-order valence-electron chi connectivity index (χ3n) is 4.85. The second-order valence-electron chi connectivity index (χ2n) is 6.72. The first-order valence-electron chi connectivity index (χ1n) is 9.60. The first-order valence-corrected chi connectivity index (χ1v) is 11.5. The molecule has 1 aliphatic rings. The lowest BCUT2D eigenvalue weighted by Crippen LogP contribution is -2.41. The fraction of sp³-hybridized carbons (Fsp3) is 0.333. The molecule has 152 valence electrons. The van der Waals surface area contributed by atoms with Crippen LogP contribution in [0.4, 0.5) is 0 Å². The number of rotatable bonds is 7. The van der Waals surface area contributed by atoms with E-state index in [1.165, 1.54) is 11.3 Å². The van der Waals surface area contributed by atoms with Gasteiger partial charge in [-0.05, 0) is 17.5 Å². The van der Waals surface area contributed by atoms with Gasteiger partial charge in [-0.15, -0.1) is 23.1 Å². The molecule has 3 aromatic rings. The van der Waals surface area contributed by atoms with E-state index in [0.717, 1.165) is 20.7 Å². The van der Waals surface area contributed by atoms with Crippen molar-refractivity contribution in [3.63, 3.8) is 0 Å². The van der Waals surface area contributed by atoms with Crippen LogP contribution in [-0.4, -0.2) is 59.9 Å². The van der Waals surface area contributed by atoms with Gasteiger partial charge in [0.2, 0.25) is 5.91 Å². The fourth-order valence-corrected chi connectivity index (χ4v) is 4.97. The van der Waals surface area contributed by atoms with E-state index >= 15 is 0 Å². The van der Waals surface area contributed by atoms with Crippen LogP contribution in [-0.2, 0) is 16.1 Å². The Morgan fingerprint density at radius 3 is 2.76 bits per heavy atom. The summed E-state index contributed by atoms with van der Waals surface area (Å²) in [4.78, 5) is 28.3. The number of thioether (sulfide) groups is 1. The lowest BCUT2D eigenvalue weighted by atomic mass is 10.2. The fourth-order valence-electron chi connectivity index (χ4n) is 3.34. The zero-order valence-corrected chi connectivity index (χ0v) is 17.6. The van der Waals surface area contributed by atoms with E-state index in [2.05, 4.69) is 28.2 Å². The van der Waals surface area contributed by atoms with Gasteiger partial charge in [0.05, 0.1) is 23.8 Å². The number of hydrogen-bond donors (Lipinski definition) is 1. The van der Waals surface area contributed by atoms with Crippen molar-refractivity contribution in [2.75, 3.05) is 38.6 Å². The minimum atomic E-state index is -0.0397. The number of thiophene rings is 1. The molecular weight excluding hydrogens is 406 g/mol. The van der Waals surface area contributed by atoms with Crippen LogP contribution >= 0.6 is 23.1 Å². The number of ether oxygens (including phenoxy) is 1. The summed E-state index contributed by atoms with van der Waals surface area (Å²) in [5.74, 6) is 0.531. The molecule has 1 fully saturated rings. The third-order valence-corrected chi connectivity index (χ3v) is 6.75. The molecule has 0 saturated carbocycles. The Kier molecular flexibility index (Phi) is 6.53. The molecule has 1 N–H and O–H groups in total. The molecule has 0 bridgehead atoms. The number of nitrogens with zero attached hydrogens (tertiary/aromatic N) is 2. The van der Waals surface area contributed by atoms with E-state index in [1.54, 1.807) is 11.8 Å². The lowest BCUT2D eigenvalue weighted by Gasteiger charge is -2.26. The minimum Gasteiger partial charge on any atom is -0.378 e. The number of hydrogen-bond acceptors (Lipinski definition) is 5. The molecular formula is C21H23N3O3S2. The van der Waals surface area contributed by atoms with Crippen LogP contribution in [0.3, 0.4) is 0 Å². The van der Waals surface area contributed by atoms with Crippen molar-refractivity contribution >= 4 is 45.8 Å². The summed E-state index contributed by atoms with van der Waals surface area (Å²) in [6, 6.07) is 11.9. The zero-order valence-electron chi connectivity index (χ0n) is 16.0. The number of para-hydroxylation sites is 1. The highest BCUT2D eigenvalue weighted by Gasteiger charge is 2.18. The highest BCUT2D eigenvalue weighted by molar-refractivity contribution is 8.00. The second-order valence-corrected chi connectivity index (χ2v) is 8.68. The minimum absolute atomic E-state index is 0.0397. The maximum atomic E-state index is 12.5. The molecule has 0 radical (unpaired) electrons. The molecule has 1 aromatic carbocycles. The van der Waals surface area contributed by atoms with Gasteiger partial charge >= 0.3 is 0 Å². The second kappa shape index (κ2) is 9.47. The van der Waals surface area contributed by atoms with Gasteiger partial charge in [0, 0.05) is 48.2 Å². The van der Waals surface area contributed by atoms with E-state index < -0.39 is 0 Å². The number of fused-ring (bicyclic) bond motifs is 1. The topological polar surface area (TPSA) is 63.6 Å². The Morgan fingerprint density at radius 1 is 1.14 bits per heavy atom. The highest BCUT2D eigenvalue weighted by atomic mass is 32.2. The molecule has 0 aliphatic carbocycles. The van der Waals surface area contributed by atoms with Crippen LogP contribution < -0.4 is 5.32 Å². The van der Waals surface area contributed by atoms with Crippen molar-refractivity contribution in [2.45, 2.75) is 11.4 Å². The molecule has 6 nitrogen and oxygen atoms in total. The molecule has 3 heterocycles. The number of benzene rings is 1. The van der Waals surface area contributed by atoms with E-state index in [0.29, 0.717) is 45.1 Å². The normalized spacial score (nSPS) is 14.3. The number of carbonyl (C=O) groups is 2. The van der Waals surface area contributed by atoms with Crippen LogP contribution in [0.2, 0.25) is 0 Å². The lowest BCUT2D eigenvalue weighted by molar-refractivity contribution is -0.132. The highest BCUT2D eigenvalue weighted by Crippen LogP contribution is 2.30. The Hall–Kier alpha value is -2.29. The molecule has 0 spiro atoms. The Balaban J connectivity index is 1.39. The molecule has 0 unspecified atom stereocenters. The number of nitrogens with one attached hydrogen (secondary N) is 1. The summed E-state index contributed by atoms with van der Waals surface area (Å²) in [6.45, 7) is 3.80. The molecule has 1 saturated heterocycles. The van der Waals surface area contributed by atoms with Gasteiger partial charge < -0.3 is 19.5 Å². The molecule has 2 amide bonds. The summed E-state index contributed by atoms with van der Waals surface area (Å²) in [5, 5.41) is 6.01. The number of morpholine rings is 1. The Bertz CT molecular complexity index is 978. The van der Waals surface area contributed by atoms with Crippen molar-refractivity contribution in [3.8, 4) is 0 Å². The predicted octanol–water partition coefficient (Wildman–Crippen LogP) is 3.08. The van der Waals surface area contributed by atoms with Crippen LogP contribution in [0.5, 0.6) is 0 Å². The third kappa shape index (κ3) is 4.83. The van der Waals surface area contributed by atoms with Crippen molar-refractivity contribution in [1.82, 2.24) is 14.8 Å². The summed E-state index contributed by atoms with van der Waals surface area (Å²) in [5.41, 5.74) is 1.11. The van der Waals surface area contributed by atoms with Gasteiger partial charge in [-0.2, -0.15) is 0 Å². The van der Waals surface area contributed by atoms with Crippen molar-refractivity contribution < 1.29 is 14.3 Å². The van der Waals surface area contributed by atoms with E-state index in [9.17, 15) is 9.59 Å². The number of aromatic nitrogens is 1. The van der Waals surface area contributed by atoms with Gasteiger partial charge in [-0.3, -0.25) is 9.59 Å². The molecule has 4 rings (SSSR count). The standard InChI is InChI=1S/C21H23N3O3S2/c25-20(23-9-11-27-12-10-23)15-29-19-14-24(17-5-2-1-4-16(17)19)8-7-22-21(26)18-6-3-13-28-18/h1-6,13-14H,7-12,15H2,(H,22,26). The van der Waals surface area contributed by atoms with E-state index in [1.807, 2.05) is 34.5 Å². The SMILES string of the molecule is O=C(NCCn1cc(SCC(=O)N2CCOCC2)c2ccccc21)c1cccs1. The number of carbonyl (C=O) groups excluding carboxylic acids is 2. The van der Waals surface area contributed by atoms with E-state index in [-0.39, 0.29) is 11.8 Å². The van der Waals surface area contributed by atoms with Crippen LogP contribution in [0.1, 0.15) is 9.67 Å². The maximum Gasteiger partial charge on any atom is 0.261 e. The first-order chi connectivity index (χ1) is 14.2. The van der Waals surface area contributed by atoms with Crippen LogP contribution in [0.25, 0.3) is 10.9 Å². The van der Waals surface area contributed by atoms with Crippen molar-refractivity contribution in [1.29, 1.82) is 0 Å². The zero-order chi connectivity index (χ0) is 20.1. The summed E-state index contributed by atoms with van der Waals surface area (Å²) >= 11 is 3.01. The van der Waals surface area contributed by atoms with Gasteiger partial charge in [-0.1, -0.05) is 24.3 Å². The number of amides is 2. The van der Waals surface area contributed by atoms with Crippen LogP contribution in [0.15, 0.2) is 52.9 Å². The largest absolute Gasteiger partial charge is 0.378 e. The predicted molar refractivity (Wildman–Crippen MR) is 117 cm³/mol. The van der Waals surface area contributed by atoms with Gasteiger partial charge in [0.25, 0.3) is 5.91 Å². The van der Waals surface area contributed by atoms with Gasteiger partial charge in [0.1, 0.15) is 0 Å². The molecule has 8 heteroatoms. The molecule has 0 atom stereocenters. The maximum absolute atomic E-state index is 12.5. The molecule has 2 aromatic heterocycles. The van der Waals surface area contributed by atoms with E-state index in [4.69, 9.17) is 4.74 Å². The summed E-state index contributed by atoms with van der Waals surface area (Å²) in [7, 11) is 0. The summed E-state index contributed by atoms with van der Waals surface area (Å²) in [6.07, 6.45) is 2.08. The van der Waals surface area contributed by atoms with Crippen molar-refractivity contribution in [2.24, 2.45) is 0 Å². The Labute approximate surface area is 177 Å². The van der Waals surface area contributed by atoms with Gasteiger partial charge in [-0.25, -0.2) is 0 Å². The van der Waals surface area contributed by atoms with Crippen molar-refractivity contribution in [3.05, 3.63) is 52.9 Å². The Morgan fingerprint density at radius 2 is 1.97 bits per heavy atom. The molecule has 1 aliphatic heterocycles. The summed E-state index contributed by atoms with van der Waals surface area (Å²) < 4.78 is 7.46. The monoisotopic (exact) mass is 429 g/mol. The quantitative estimate of drug-likeness (QED) is 0.587. The van der Waals surface area contributed by atoms with Crippen LogP contribution in [0, 0.1) is 0 Å². The first kappa shape index (κ1) is 20.0. The smallest absolute Gasteiger partial charge is 0.261 e. The molecule has 29 heavy (non-hydrogen) atoms.